The summed E-state index contributed by atoms with van der Waals surface area (Å²) in [5, 5.41) is 13.0. The van der Waals surface area contributed by atoms with Gasteiger partial charge in [0.25, 0.3) is 0 Å². The molecular formula is C67H39N3. The molecule has 17 rings (SSSR count). The minimum absolute atomic E-state index is 0.198. The summed E-state index contributed by atoms with van der Waals surface area (Å²) in [5.41, 5.74) is 22.8. The highest BCUT2D eigenvalue weighted by molar-refractivity contribution is 6.45. The van der Waals surface area contributed by atoms with Gasteiger partial charge in [0, 0.05) is 65.5 Å². The van der Waals surface area contributed by atoms with Crippen molar-refractivity contribution in [1.82, 2.24) is 13.4 Å². The van der Waals surface area contributed by atoms with E-state index < -0.39 is 0 Å². The Kier molecular flexibility index (Phi) is 7.00. The first-order valence-electron chi connectivity index (χ1n) is 24.5. The Morgan fingerprint density at radius 2 is 0.700 bits per heavy atom. The maximum Gasteiger partial charge on any atom is 0.0634 e. The van der Waals surface area contributed by atoms with Gasteiger partial charge >= 0.3 is 0 Å². The zero-order chi connectivity index (χ0) is 45.3. The van der Waals surface area contributed by atoms with Crippen LogP contribution in [0.3, 0.4) is 0 Å². The molecule has 322 valence electrons. The Balaban J connectivity index is 0.918. The van der Waals surface area contributed by atoms with E-state index in [-0.39, 0.29) is 5.92 Å². The number of rotatable bonds is 4. The molecule has 0 spiro atoms. The molecule has 1 atom stereocenters. The van der Waals surface area contributed by atoms with Crippen LogP contribution in [0.5, 0.6) is 0 Å². The number of nitrogens with zero attached hydrogens (tertiary/aromatic N) is 3. The van der Waals surface area contributed by atoms with Gasteiger partial charge in [0.2, 0.25) is 0 Å². The van der Waals surface area contributed by atoms with Crippen molar-refractivity contribution < 1.29 is 0 Å². The molecule has 0 N–H and O–H groups in total. The molecule has 5 heterocycles. The average Bonchev–Trinajstić information content (AvgIpc) is 4.26. The predicted molar refractivity (Wildman–Crippen MR) is 294 cm³/mol. The zero-order valence-electron chi connectivity index (χ0n) is 37.9. The third kappa shape index (κ3) is 4.60. The Hall–Kier alpha value is -9.18. The highest BCUT2D eigenvalue weighted by Crippen LogP contribution is 2.53. The molecule has 11 aromatic carbocycles. The largest absolute Gasteiger partial charge is 0.309 e. The van der Waals surface area contributed by atoms with Gasteiger partial charge in [0.15, 0.2) is 0 Å². The third-order valence-corrected chi connectivity index (χ3v) is 16.2. The van der Waals surface area contributed by atoms with Crippen LogP contribution in [0, 0.1) is 0 Å². The number of benzene rings is 11. The lowest BCUT2D eigenvalue weighted by atomic mass is 9.88. The zero-order valence-corrected chi connectivity index (χ0v) is 37.9. The molecule has 0 fully saturated rings. The predicted octanol–water partition coefficient (Wildman–Crippen LogP) is 17.6. The van der Waals surface area contributed by atoms with Crippen molar-refractivity contribution in [3.05, 3.63) is 247 Å². The number of fused-ring (bicyclic) bond motifs is 20. The minimum Gasteiger partial charge on any atom is -0.309 e. The van der Waals surface area contributed by atoms with Crippen LogP contribution in [0.1, 0.15) is 22.6 Å². The van der Waals surface area contributed by atoms with Gasteiger partial charge in [0.1, 0.15) is 0 Å². The van der Waals surface area contributed by atoms with Crippen molar-refractivity contribution in [2.75, 3.05) is 0 Å². The van der Waals surface area contributed by atoms with Crippen molar-refractivity contribution in [3.8, 4) is 39.1 Å². The molecule has 0 radical (unpaired) electrons. The quantitative estimate of drug-likeness (QED) is 0.167. The third-order valence-electron chi connectivity index (χ3n) is 16.2. The smallest absolute Gasteiger partial charge is 0.0634 e. The fraction of sp³-hybridized carbons (Fsp3) is 0.0149. The van der Waals surface area contributed by atoms with Gasteiger partial charge in [-0.05, 0) is 105 Å². The monoisotopic (exact) mass is 885 g/mol. The Morgan fingerprint density at radius 3 is 1.33 bits per heavy atom. The van der Waals surface area contributed by atoms with E-state index in [0.717, 1.165) is 0 Å². The van der Waals surface area contributed by atoms with Gasteiger partial charge in [-0.15, -0.1) is 0 Å². The first-order chi connectivity index (χ1) is 34.8. The molecule has 5 aromatic heterocycles. The number of hydrogen-bond acceptors (Lipinski definition) is 0. The minimum atomic E-state index is 0.198. The molecular weight excluding hydrogens is 847 g/mol. The second-order valence-electron chi connectivity index (χ2n) is 19.5. The van der Waals surface area contributed by atoms with Gasteiger partial charge in [-0.3, -0.25) is 0 Å². The SMILES string of the molecule is c1ccc(C2c3ccccc3-c3ccc(-c4ccc5c6c7c8ccccc8n8c9cc(-c%10ccc%11c%12ccccc%12n(-c%12ccccc%12)c%11c%10)ccc9c(c9c%10ccccc%10n(c5c4)c96)c78)cc32)cc1. The summed E-state index contributed by atoms with van der Waals surface area (Å²) < 4.78 is 7.59. The van der Waals surface area contributed by atoms with Gasteiger partial charge in [-0.1, -0.05) is 176 Å². The van der Waals surface area contributed by atoms with E-state index in [0.29, 0.717) is 0 Å². The molecule has 3 heteroatoms. The number of aromatic nitrogens is 3. The lowest BCUT2D eigenvalue weighted by Crippen LogP contribution is -1.99. The molecule has 1 unspecified atom stereocenters. The molecule has 3 nitrogen and oxygen atoms in total. The van der Waals surface area contributed by atoms with Crippen molar-refractivity contribution in [2.24, 2.45) is 0 Å². The molecule has 70 heavy (non-hydrogen) atoms. The number of para-hydroxylation sites is 4. The van der Waals surface area contributed by atoms with Crippen LogP contribution >= 0.6 is 0 Å². The van der Waals surface area contributed by atoms with Gasteiger partial charge in [0.05, 0.1) is 44.1 Å². The maximum absolute atomic E-state index is 2.59. The van der Waals surface area contributed by atoms with E-state index in [1.165, 1.54) is 154 Å². The Labute approximate surface area is 401 Å². The molecule has 1 aliphatic carbocycles. The topological polar surface area (TPSA) is 13.8 Å². The van der Waals surface area contributed by atoms with Crippen LogP contribution in [-0.2, 0) is 0 Å². The first-order valence-corrected chi connectivity index (χ1v) is 24.5. The second kappa shape index (κ2) is 13.3. The summed E-state index contributed by atoms with van der Waals surface area (Å²) in [6.07, 6.45) is 0. The van der Waals surface area contributed by atoms with Gasteiger partial charge < -0.3 is 13.4 Å². The maximum atomic E-state index is 2.59. The van der Waals surface area contributed by atoms with E-state index in [9.17, 15) is 0 Å². The summed E-state index contributed by atoms with van der Waals surface area (Å²) in [4.78, 5) is 0. The summed E-state index contributed by atoms with van der Waals surface area (Å²) in [6, 6.07) is 86.4. The summed E-state index contributed by atoms with van der Waals surface area (Å²) in [5.74, 6) is 0.198. The summed E-state index contributed by atoms with van der Waals surface area (Å²) in [6.45, 7) is 0. The normalized spacial score (nSPS) is 13.9. The molecule has 0 bridgehead atoms. The van der Waals surface area contributed by atoms with E-state index in [1.54, 1.807) is 0 Å². The second-order valence-corrected chi connectivity index (χ2v) is 19.5. The standard InChI is InChI=1S/C67H39N3/c1-3-15-39(16-4-1)61-49-21-8-7-19-45(49)46-31-27-40(35-54(46)61)41-29-33-52-59(37-41)69-56-25-13-10-22-50(56)63-65-53-34-30-43(38-60(53)70-57-26-14-11-23-51(57)62(67(65)70)64(52)66(63)69)42-28-32-48-47-20-9-12-24-55(47)68(58(48)36-42)44-17-5-2-6-18-44/h1-38,61H. The van der Waals surface area contributed by atoms with Crippen LogP contribution in [-0.4, -0.2) is 13.4 Å². The lowest BCUT2D eigenvalue weighted by Gasteiger charge is -2.15. The fourth-order valence-electron chi connectivity index (χ4n) is 13.3. The van der Waals surface area contributed by atoms with E-state index in [1.807, 2.05) is 0 Å². The van der Waals surface area contributed by atoms with Crippen molar-refractivity contribution >= 4 is 98.0 Å². The van der Waals surface area contributed by atoms with Crippen molar-refractivity contribution in [3.63, 3.8) is 0 Å². The summed E-state index contributed by atoms with van der Waals surface area (Å²) >= 11 is 0. The number of hydrogen-bond donors (Lipinski definition) is 0. The molecule has 0 saturated carbocycles. The van der Waals surface area contributed by atoms with Gasteiger partial charge in [-0.2, -0.15) is 0 Å². The van der Waals surface area contributed by atoms with Gasteiger partial charge in [-0.25, -0.2) is 0 Å². The Bertz CT molecular complexity index is 4870. The van der Waals surface area contributed by atoms with E-state index >= 15 is 0 Å². The van der Waals surface area contributed by atoms with Crippen molar-refractivity contribution in [2.45, 2.75) is 5.92 Å². The highest BCUT2D eigenvalue weighted by Gasteiger charge is 2.31. The lowest BCUT2D eigenvalue weighted by molar-refractivity contribution is 1.02. The molecule has 0 aliphatic heterocycles. The van der Waals surface area contributed by atoms with Crippen LogP contribution in [0.25, 0.3) is 137 Å². The first kappa shape index (κ1) is 36.9. The van der Waals surface area contributed by atoms with Crippen molar-refractivity contribution in [1.29, 1.82) is 0 Å². The van der Waals surface area contributed by atoms with Crippen LogP contribution in [0.2, 0.25) is 0 Å². The fourth-order valence-corrected chi connectivity index (χ4v) is 13.3. The van der Waals surface area contributed by atoms with E-state index in [2.05, 4.69) is 244 Å². The molecule has 0 saturated heterocycles. The Morgan fingerprint density at radius 1 is 0.271 bits per heavy atom. The van der Waals surface area contributed by atoms with Crippen LogP contribution in [0.15, 0.2) is 231 Å². The van der Waals surface area contributed by atoms with Crippen LogP contribution in [0.4, 0.5) is 0 Å². The highest BCUT2D eigenvalue weighted by atomic mass is 15.0. The summed E-state index contributed by atoms with van der Waals surface area (Å²) in [7, 11) is 0. The molecule has 0 amide bonds. The van der Waals surface area contributed by atoms with Crippen LogP contribution < -0.4 is 0 Å². The molecule has 16 aromatic rings. The average molecular weight is 886 g/mol. The van der Waals surface area contributed by atoms with E-state index in [4.69, 9.17) is 0 Å². The molecule has 1 aliphatic rings.